The molecule has 0 aliphatic heterocycles. The molecular formula is C30H22N4O4. The molecule has 0 fully saturated rings. The number of carbonyl (C=O) groups is 2. The van der Waals surface area contributed by atoms with Gasteiger partial charge in [-0.3, -0.25) is 4.79 Å². The average Bonchev–Trinajstić information content (AvgIpc) is 3.36. The first-order chi connectivity index (χ1) is 18.6. The summed E-state index contributed by atoms with van der Waals surface area (Å²) in [4.78, 5) is 24.9. The maximum absolute atomic E-state index is 13.7. The first-order valence-corrected chi connectivity index (χ1v) is 11.7. The minimum Gasteiger partial charge on any atom is -0.478 e. The molecule has 0 spiro atoms. The van der Waals surface area contributed by atoms with Gasteiger partial charge in [0, 0.05) is 16.8 Å². The lowest BCUT2D eigenvalue weighted by Crippen LogP contribution is -2.17. The van der Waals surface area contributed by atoms with E-state index in [1.807, 2.05) is 78.9 Å². The highest BCUT2D eigenvalue weighted by atomic mass is 16.4. The van der Waals surface area contributed by atoms with Crippen molar-refractivity contribution in [1.29, 1.82) is 0 Å². The maximum Gasteiger partial charge on any atom is 0.335 e. The molecule has 8 heteroatoms. The van der Waals surface area contributed by atoms with Gasteiger partial charge in [-0.1, -0.05) is 84.0 Å². The number of nitrogens with one attached hydrogen (secondary N) is 1. The second-order valence-electron chi connectivity index (χ2n) is 8.34. The van der Waals surface area contributed by atoms with E-state index in [4.69, 9.17) is 5.10 Å². The monoisotopic (exact) mass is 502 g/mol. The molecular weight excluding hydrogens is 480 g/mol. The molecule has 3 N–H and O–H groups in total. The smallest absolute Gasteiger partial charge is 0.335 e. The number of hydrogen-bond donors (Lipinski definition) is 3. The van der Waals surface area contributed by atoms with Gasteiger partial charge in [0.1, 0.15) is 5.71 Å². The van der Waals surface area contributed by atoms with Crippen molar-refractivity contribution in [3.05, 3.63) is 138 Å². The molecule has 5 aromatic rings. The lowest BCUT2D eigenvalue weighted by molar-refractivity contribution is 0.0696. The lowest BCUT2D eigenvalue weighted by Gasteiger charge is -2.12. The summed E-state index contributed by atoms with van der Waals surface area (Å²) in [6.45, 7) is 0. The molecule has 1 heterocycles. The number of carboxylic acids is 1. The van der Waals surface area contributed by atoms with E-state index in [0.717, 1.165) is 5.56 Å². The van der Waals surface area contributed by atoms with Crippen LogP contribution in [0.3, 0.4) is 0 Å². The number of aromatic nitrogens is 2. The summed E-state index contributed by atoms with van der Waals surface area (Å²) < 4.78 is 1.65. The Morgan fingerprint density at radius 3 is 1.89 bits per heavy atom. The minimum atomic E-state index is -1.06. The second-order valence-corrected chi connectivity index (χ2v) is 8.34. The second kappa shape index (κ2) is 10.6. The van der Waals surface area contributed by atoms with Gasteiger partial charge in [-0.2, -0.15) is 5.10 Å². The Balaban J connectivity index is 1.73. The number of hydrogen-bond acceptors (Lipinski definition) is 5. The SMILES string of the molecule is O=C(O)c1ccc(NC(=O)c2nn(-c3ccccc3)c(-c3ccccc3)c2/C(=N/O)c2ccccc2)cc1. The molecule has 0 aliphatic carbocycles. The lowest BCUT2D eigenvalue weighted by atomic mass is 9.96. The molecule has 0 atom stereocenters. The van der Waals surface area contributed by atoms with Crippen LogP contribution in [0.2, 0.25) is 0 Å². The summed E-state index contributed by atoms with van der Waals surface area (Å²) in [7, 11) is 0. The number of carbonyl (C=O) groups excluding carboxylic acids is 1. The van der Waals surface area contributed by atoms with Crippen molar-refractivity contribution in [2.24, 2.45) is 5.16 Å². The van der Waals surface area contributed by atoms with Crippen molar-refractivity contribution in [3.8, 4) is 16.9 Å². The number of para-hydroxylation sites is 1. The van der Waals surface area contributed by atoms with Gasteiger partial charge in [0.2, 0.25) is 0 Å². The average molecular weight is 503 g/mol. The highest BCUT2D eigenvalue weighted by molar-refractivity contribution is 6.22. The molecule has 0 saturated carbocycles. The van der Waals surface area contributed by atoms with Gasteiger partial charge in [-0.25, -0.2) is 9.48 Å². The molecule has 1 amide bonds. The highest BCUT2D eigenvalue weighted by Gasteiger charge is 2.29. The molecule has 5 rings (SSSR count). The van der Waals surface area contributed by atoms with Gasteiger partial charge in [0.25, 0.3) is 5.91 Å². The van der Waals surface area contributed by atoms with Crippen molar-refractivity contribution in [2.75, 3.05) is 5.32 Å². The molecule has 38 heavy (non-hydrogen) atoms. The van der Waals surface area contributed by atoms with Crippen LogP contribution in [0.15, 0.2) is 120 Å². The first kappa shape index (κ1) is 24.2. The zero-order valence-electron chi connectivity index (χ0n) is 20.0. The van der Waals surface area contributed by atoms with E-state index < -0.39 is 11.9 Å². The first-order valence-electron chi connectivity index (χ1n) is 11.7. The van der Waals surface area contributed by atoms with E-state index in [0.29, 0.717) is 28.2 Å². The predicted molar refractivity (Wildman–Crippen MR) is 144 cm³/mol. The van der Waals surface area contributed by atoms with Crippen molar-refractivity contribution in [3.63, 3.8) is 0 Å². The molecule has 0 aliphatic rings. The summed E-state index contributed by atoms with van der Waals surface area (Å²) in [5.41, 5.74) is 3.69. The zero-order chi connectivity index (χ0) is 26.5. The van der Waals surface area contributed by atoms with Crippen LogP contribution in [0.5, 0.6) is 0 Å². The number of nitrogens with zero attached hydrogens (tertiary/aromatic N) is 3. The third kappa shape index (κ3) is 4.78. The van der Waals surface area contributed by atoms with Crippen molar-refractivity contribution < 1.29 is 19.9 Å². The maximum atomic E-state index is 13.7. The molecule has 0 saturated heterocycles. The summed E-state index contributed by atoms with van der Waals surface area (Å²) in [6.07, 6.45) is 0. The van der Waals surface area contributed by atoms with E-state index in [1.165, 1.54) is 24.3 Å². The predicted octanol–water partition coefficient (Wildman–Crippen LogP) is 5.72. The zero-order valence-corrected chi connectivity index (χ0v) is 20.0. The van der Waals surface area contributed by atoms with Gasteiger partial charge >= 0.3 is 5.97 Å². The number of aromatic carboxylic acids is 1. The van der Waals surface area contributed by atoms with Gasteiger partial charge in [-0.05, 0) is 36.4 Å². The van der Waals surface area contributed by atoms with Crippen LogP contribution in [-0.2, 0) is 0 Å². The fourth-order valence-electron chi connectivity index (χ4n) is 4.15. The van der Waals surface area contributed by atoms with Gasteiger partial charge in [-0.15, -0.1) is 0 Å². The number of carboxylic acid groups (broad SMARTS) is 1. The third-order valence-electron chi connectivity index (χ3n) is 5.92. The van der Waals surface area contributed by atoms with Crippen LogP contribution in [-0.4, -0.2) is 37.7 Å². The summed E-state index contributed by atoms with van der Waals surface area (Å²) in [5.74, 6) is -1.61. The fraction of sp³-hybridized carbons (Fsp3) is 0. The molecule has 4 aromatic carbocycles. The topological polar surface area (TPSA) is 117 Å². The summed E-state index contributed by atoms with van der Waals surface area (Å²) in [6, 6.07) is 33.7. The van der Waals surface area contributed by atoms with Crippen LogP contribution >= 0.6 is 0 Å². The number of oxime groups is 1. The van der Waals surface area contributed by atoms with Crippen LogP contribution in [0.25, 0.3) is 16.9 Å². The highest BCUT2D eigenvalue weighted by Crippen LogP contribution is 2.32. The molecule has 186 valence electrons. The Labute approximate surface area is 218 Å². The van der Waals surface area contributed by atoms with E-state index in [2.05, 4.69) is 10.5 Å². The number of amides is 1. The van der Waals surface area contributed by atoms with E-state index in [9.17, 15) is 19.9 Å². The Bertz CT molecular complexity index is 1610. The van der Waals surface area contributed by atoms with Crippen molar-refractivity contribution in [1.82, 2.24) is 9.78 Å². The van der Waals surface area contributed by atoms with Crippen LogP contribution in [0.4, 0.5) is 5.69 Å². The van der Waals surface area contributed by atoms with Crippen molar-refractivity contribution >= 4 is 23.3 Å². The Morgan fingerprint density at radius 2 is 1.32 bits per heavy atom. The van der Waals surface area contributed by atoms with Crippen LogP contribution in [0.1, 0.15) is 32.0 Å². The summed E-state index contributed by atoms with van der Waals surface area (Å²) in [5, 5.41) is 30.5. The number of rotatable bonds is 7. The normalized spacial score (nSPS) is 11.2. The Hall–Kier alpha value is -5.50. The van der Waals surface area contributed by atoms with Crippen molar-refractivity contribution in [2.45, 2.75) is 0 Å². The third-order valence-corrected chi connectivity index (χ3v) is 5.92. The quantitative estimate of drug-likeness (QED) is 0.150. The molecule has 0 radical (unpaired) electrons. The molecule has 1 aromatic heterocycles. The van der Waals surface area contributed by atoms with Crippen LogP contribution in [0, 0.1) is 0 Å². The van der Waals surface area contributed by atoms with E-state index in [-0.39, 0.29) is 17.0 Å². The number of anilines is 1. The van der Waals surface area contributed by atoms with E-state index in [1.54, 1.807) is 16.8 Å². The Morgan fingerprint density at radius 1 is 0.737 bits per heavy atom. The van der Waals surface area contributed by atoms with Gasteiger partial charge < -0.3 is 15.6 Å². The standard InChI is InChI=1S/C30H22N4O4/c35-29(31-23-18-16-22(17-19-23)30(36)37)27-25(26(33-38)20-10-4-1-5-11-20)28(21-12-6-2-7-13-21)34(32-27)24-14-8-3-9-15-24/h1-19,38H,(H,31,35)(H,36,37)/b33-26+. The van der Waals surface area contributed by atoms with Gasteiger partial charge in [0.15, 0.2) is 5.69 Å². The molecule has 0 bridgehead atoms. The number of benzene rings is 4. The Kier molecular flexibility index (Phi) is 6.77. The molecule has 8 nitrogen and oxygen atoms in total. The minimum absolute atomic E-state index is 0.0340. The largest absolute Gasteiger partial charge is 0.478 e. The van der Waals surface area contributed by atoms with Crippen LogP contribution < -0.4 is 5.32 Å². The summed E-state index contributed by atoms with van der Waals surface area (Å²) >= 11 is 0. The molecule has 0 unspecified atom stereocenters. The van der Waals surface area contributed by atoms with E-state index >= 15 is 0 Å². The fourth-order valence-corrected chi connectivity index (χ4v) is 4.15. The van der Waals surface area contributed by atoms with Gasteiger partial charge in [0.05, 0.1) is 22.5 Å².